The van der Waals surface area contributed by atoms with Crippen LogP contribution in [-0.2, 0) is 16.0 Å². The number of hydrogen-bond acceptors (Lipinski definition) is 3. The molecule has 2 aromatic rings. The third-order valence-corrected chi connectivity index (χ3v) is 4.33. The summed E-state index contributed by atoms with van der Waals surface area (Å²) in [5.74, 6) is -0.858. The number of benzene rings is 2. The van der Waals surface area contributed by atoms with Crippen molar-refractivity contribution in [3.8, 4) is 0 Å². The molecule has 0 unspecified atom stereocenters. The van der Waals surface area contributed by atoms with E-state index in [0.29, 0.717) is 10.6 Å². The van der Waals surface area contributed by atoms with E-state index < -0.39 is 5.97 Å². The van der Waals surface area contributed by atoms with Gasteiger partial charge in [-0.05, 0) is 48.6 Å². The molecule has 24 heavy (non-hydrogen) atoms. The average molecular weight is 344 g/mol. The van der Waals surface area contributed by atoms with Crippen molar-refractivity contribution in [2.75, 3.05) is 6.61 Å². The van der Waals surface area contributed by atoms with Gasteiger partial charge in [-0.2, -0.15) is 0 Å². The van der Waals surface area contributed by atoms with Gasteiger partial charge in [0.25, 0.3) is 5.91 Å². The van der Waals surface area contributed by atoms with E-state index in [0.717, 1.165) is 24.8 Å². The van der Waals surface area contributed by atoms with E-state index >= 15 is 0 Å². The number of carbonyl (C=O) groups is 2. The number of rotatable bonds is 4. The quantitative estimate of drug-likeness (QED) is 0.861. The molecule has 0 aliphatic heterocycles. The van der Waals surface area contributed by atoms with E-state index in [1.807, 2.05) is 18.2 Å². The Bertz CT molecular complexity index is 760. The largest absolute Gasteiger partial charge is 0.452 e. The van der Waals surface area contributed by atoms with Gasteiger partial charge in [-0.3, -0.25) is 4.79 Å². The number of esters is 1. The average Bonchev–Trinajstić information content (AvgIpc) is 2.60. The molecule has 0 bridgehead atoms. The first-order chi connectivity index (χ1) is 11.6. The van der Waals surface area contributed by atoms with Crippen molar-refractivity contribution in [2.24, 2.45) is 0 Å². The zero-order valence-electron chi connectivity index (χ0n) is 13.1. The predicted molar refractivity (Wildman–Crippen MR) is 92.0 cm³/mol. The van der Waals surface area contributed by atoms with Gasteiger partial charge in [0.1, 0.15) is 0 Å². The zero-order chi connectivity index (χ0) is 16.9. The summed E-state index contributed by atoms with van der Waals surface area (Å²) in [4.78, 5) is 24.0. The summed E-state index contributed by atoms with van der Waals surface area (Å²) in [5.41, 5.74) is 2.75. The van der Waals surface area contributed by atoms with Gasteiger partial charge in [0.05, 0.1) is 11.6 Å². The second-order valence-electron chi connectivity index (χ2n) is 5.80. The molecule has 0 saturated heterocycles. The van der Waals surface area contributed by atoms with E-state index in [4.69, 9.17) is 16.3 Å². The van der Waals surface area contributed by atoms with Crippen molar-refractivity contribution in [1.82, 2.24) is 5.32 Å². The van der Waals surface area contributed by atoms with E-state index in [1.165, 1.54) is 11.6 Å². The second-order valence-corrected chi connectivity index (χ2v) is 6.23. The molecule has 0 aromatic heterocycles. The monoisotopic (exact) mass is 343 g/mol. The molecule has 0 saturated carbocycles. The Balaban J connectivity index is 1.56. The van der Waals surface area contributed by atoms with Crippen LogP contribution >= 0.6 is 11.6 Å². The topological polar surface area (TPSA) is 55.4 Å². The van der Waals surface area contributed by atoms with Crippen LogP contribution in [0, 0.1) is 0 Å². The smallest absolute Gasteiger partial charge is 0.338 e. The van der Waals surface area contributed by atoms with Crippen LogP contribution in [0.4, 0.5) is 0 Å². The van der Waals surface area contributed by atoms with Gasteiger partial charge in [-0.15, -0.1) is 0 Å². The number of halogens is 1. The summed E-state index contributed by atoms with van der Waals surface area (Å²) in [6.07, 6.45) is 2.96. The number of amides is 1. The normalized spacial score (nSPS) is 16.1. The van der Waals surface area contributed by atoms with Crippen LogP contribution in [-0.4, -0.2) is 18.5 Å². The van der Waals surface area contributed by atoms with Gasteiger partial charge in [-0.25, -0.2) is 4.79 Å². The molecular weight excluding hydrogens is 326 g/mol. The van der Waals surface area contributed by atoms with Gasteiger partial charge in [0.2, 0.25) is 0 Å². The second kappa shape index (κ2) is 7.49. The molecule has 4 nitrogen and oxygen atoms in total. The van der Waals surface area contributed by atoms with Crippen molar-refractivity contribution in [2.45, 2.75) is 25.3 Å². The van der Waals surface area contributed by atoms with Crippen molar-refractivity contribution < 1.29 is 14.3 Å². The van der Waals surface area contributed by atoms with E-state index in [2.05, 4.69) is 11.4 Å². The fourth-order valence-electron chi connectivity index (χ4n) is 2.97. The lowest BCUT2D eigenvalue weighted by molar-refractivity contribution is -0.125. The number of fused-ring (bicyclic) bond motifs is 1. The SMILES string of the molecule is O=C(COC(=O)c1cccc(Cl)c1)N[C@@H]1CCCc2ccccc21. The molecule has 0 radical (unpaired) electrons. The van der Waals surface area contributed by atoms with Crippen LogP contribution in [0.3, 0.4) is 0 Å². The maximum absolute atomic E-state index is 12.1. The number of aryl methyl sites for hydroxylation is 1. The standard InChI is InChI=1S/C19H18ClNO3/c20-15-8-3-7-14(11-15)19(23)24-12-18(22)21-17-10-4-6-13-5-1-2-9-16(13)17/h1-3,5,7-9,11,17H,4,6,10,12H2,(H,21,22)/t17-/m1/s1. The zero-order valence-corrected chi connectivity index (χ0v) is 13.9. The Morgan fingerprint density at radius 1 is 1.17 bits per heavy atom. The number of carbonyl (C=O) groups excluding carboxylic acids is 2. The molecule has 1 amide bonds. The van der Waals surface area contributed by atoms with E-state index in [9.17, 15) is 9.59 Å². The summed E-state index contributed by atoms with van der Waals surface area (Å²) in [7, 11) is 0. The molecule has 0 spiro atoms. The minimum Gasteiger partial charge on any atom is -0.452 e. The molecule has 1 atom stereocenters. The van der Waals surface area contributed by atoms with Crippen LogP contribution in [0.5, 0.6) is 0 Å². The summed E-state index contributed by atoms with van der Waals surface area (Å²) in [6, 6.07) is 14.5. The van der Waals surface area contributed by atoms with Crippen molar-refractivity contribution in [1.29, 1.82) is 0 Å². The highest BCUT2D eigenvalue weighted by Gasteiger charge is 2.21. The van der Waals surface area contributed by atoms with Crippen molar-refractivity contribution in [3.63, 3.8) is 0 Å². The molecule has 5 heteroatoms. The lowest BCUT2D eigenvalue weighted by atomic mass is 9.88. The molecule has 1 aliphatic rings. The van der Waals surface area contributed by atoms with Gasteiger partial charge in [0.15, 0.2) is 6.61 Å². The van der Waals surface area contributed by atoms with Crippen LogP contribution in [0.1, 0.15) is 40.4 Å². The summed E-state index contributed by atoms with van der Waals surface area (Å²) in [5, 5.41) is 3.40. The number of ether oxygens (including phenoxy) is 1. The van der Waals surface area contributed by atoms with Crippen LogP contribution in [0.25, 0.3) is 0 Å². The molecular formula is C19H18ClNO3. The highest BCUT2D eigenvalue weighted by Crippen LogP contribution is 2.29. The number of hydrogen-bond donors (Lipinski definition) is 1. The minimum absolute atomic E-state index is 0.0210. The summed E-state index contributed by atoms with van der Waals surface area (Å²) >= 11 is 5.84. The summed E-state index contributed by atoms with van der Waals surface area (Å²) in [6.45, 7) is -0.302. The van der Waals surface area contributed by atoms with E-state index in [1.54, 1.807) is 18.2 Å². The lowest BCUT2D eigenvalue weighted by Crippen LogP contribution is -2.34. The van der Waals surface area contributed by atoms with E-state index in [-0.39, 0.29) is 18.6 Å². The molecule has 2 aromatic carbocycles. The molecule has 1 aliphatic carbocycles. The van der Waals surface area contributed by atoms with Crippen LogP contribution < -0.4 is 5.32 Å². The van der Waals surface area contributed by atoms with Gasteiger partial charge in [-0.1, -0.05) is 41.9 Å². The minimum atomic E-state index is -0.559. The Labute approximate surface area is 145 Å². The Morgan fingerprint density at radius 2 is 2.00 bits per heavy atom. The lowest BCUT2D eigenvalue weighted by Gasteiger charge is -2.26. The molecule has 1 N–H and O–H groups in total. The molecule has 0 fully saturated rings. The highest BCUT2D eigenvalue weighted by molar-refractivity contribution is 6.30. The molecule has 0 heterocycles. The summed E-state index contributed by atoms with van der Waals surface area (Å²) < 4.78 is 5.06. The van der Waals surface area contributed by atoms with Crippen molar-refractivity contribution >= 4 is 23.5 Å². The van der Waals surface area contributed by atoms with Crippen LogP contribution in [0.2, 0.25) is 5.02 Å². The molecule has 124 valence electrons. The first kappa shape index (κ1) is 16.5. The highest BCUT2D eigenvalue weighted by atomic mass is 35.5. The fourth-order valence-corrected chi connectivity index (χ4v) is 3.16. The molecule has 3 rings (SSSR count). The fraction of sp³-hybridized carbons (Fsp3) is 0.263. The maximum Gasteiger partial charge on any atom is 0.338 e. The third-order valence-electron chi connectivity index (χ3n) is 4.10. The third kappa shape index (κ3) is 3.95. The van der Waals surface area contributed by atoms with Gasteiger partial charge < -0.3 is 10.1 Å². The first-order valence-electron chi connectivity index (χ1n) is 7.93. The van der Waals surface area contributed by atoms with Crippen LogP contribution in [0.15, 0.2) is 48.5 Å². The number of nitrogens with one attached hydrogen (secondary N) is 1. The first-order valence-corrected chi connectivity index (χ1v) is 8.31. The predicted octanol–water partition coefficient (Wildman–Crippen LogP) is 3.69. The van der Waals surface area contributed by atoms with Crippen molar-refractivity contribution in [3.05, 3.63) is 70.2 Å². The Morgan fingerprint density at radius 3 is 2.83 bits per heavy atom. The Kier molecular flexibility index (Phi) is 5.16. The van der Waals surface area contributed by atoms with Gasteiger partial charge in [0, 0.05) is 5.02 Å². The van der Waals surface area contributed by atoms with Gasteiger partial charge >= 0.3 is 5.97 Å². The maximum atomic E-state index is 12.1. The Hall–Kier alpha value is -2.33.